The maximum absolute atomic E-state index is 12.4. The van der Waals surface area contributed by atoms with Crippen LogP contribution >= 0.6 is 34.5 Å². The Balaban J connectivity index is 1.88. The minimum Gasteiger partial charge on any atom is -0.332 e. The maximum atomic E-state index is 12.4. The Bertz CT molecular complexity index is 733. The van der Waals surface area contributed by atoms with Crippen molar-refractivity contribution in [3.63, 3.8) is 0 Å². The molecule has 140 valence electrons. The number of rotatable bonds is 8. The van der Waals surface area contributed by atoms with Crippen molar-refractivity contribution in [2.24, 2.45) is 0 Å². The molecule has 0 saturated heterocycles. The SMILES string of the molecule is CC[NH+](CC(=O)N(C)CC(=O)Nc1c(Cl)cccc1Cl)Cc1cccs1. The summed E-state index contributed by atoms with van der Waals surface area (Å²) in [6, 6.07) is 9.06. The van der Waals surface area contributed by atoms with Crippen LogP contribution in [-0.4, -0.2) is 43.4 Å². The third kappa shape index (κ3) is 5.99. The van der Waals surface area contributed by atoms with Crippen molar-refractivity contribution in [1.29, 1.82) is 0 Å². The fraction of sp³-hybridized carbons (Fsp3) is 0.333. The molecule has 8 heteroatoms. The molecule has 0 aliphatic carbocycles. The molecular weight excluding hydrogens is 393 g/mol. The summed E-state index contributed by atoms with van der Waals surface area (Å²) in [6.45, 7) is 3.96. The number of thiophene rings is 1. The van der Waals surface area contributed by atoms with Gasteiger partial charge >= 0.3 is 0 Å². The lowest BCUT2D eigenvalue weighted by Gasteiger charge is -2.21. The van der Waals surface area contributed by atoms with E-state index in [9.17, 15) is 9.59 Å². The molecule has 2 aromatic rings. The number of para-hydroxylation sites is 1. The van der Waals surface area contributed by atoms with E-state index in [4.69, 9.17) is 23.2 Å². The fourth-order valence-corrected chi connectivity index (χ4v) is 3.69. The zero-order valence-corrected chi connectivity index (χ0v) is 17.0. The lowest BCUT2D eigenvalue weighted by molar-refractivity contribution is -0.904. The van der Waals surface area contributed by atoms with Crippen LogP contribution in [0.2, 0.25) is 10.0 Å². The number of quaternary nitrogens is 1. The smallest absolute Gasteiger partial charge is 0.277 e. The standard InChI is InChI=1S/C18H21Cl2N3O2S/c1-3-23(10-13-6-5-9-26-13)12-17(25)22(2)11-16(24)21-18-14(19)7-4-8-15(18)20/h4-9H,3,10-12H2,1-2H3,(H,21,24)/p+1. The minimum absolute atomic E-state index is 0.0591. The molecule has 1 heterocycles. The zero-order valence-electron chi connectivity index (χ0n) is 14.7. The molecule has 0 radical (unpaired) electrons. The second-order valence-corrected chi connectivity index (χ2v) is 7.78. The lowest BCUT2D eigenvalue weighted by atomic mass is 10.3. The van der Waals surface area contributed by atoms with Gasteiger partial charge in [-0.1, -0.05) is 35.3 Å². The number of carbonyl (C=O) groups excluding carboxylic acids is 2. The van der Waals surface area contributed by atoms with Crippen molar-refractivity contribution in [1.82, 2.24) is 4.90 Å². The van der Waals surface area contributed by atoms with Gasteiger partial charge in [0.1, 0.15) is 6.54 Å². The van der Waals surface area contributed by atoms with Gasteiger partial charge in [0.2, 0.25) is 5.91 Å². The van der Waals surface area contributed by atoms with Gasteiger partial charge in [-0.3, -0.25) is 9.59 Å². The van der Waals surface area contributed by atoms with Gasteiger partial charge in [0, 0.05) is 7.05 Å². The van der Waals surface area contributed by atoms with Crippen molar-refractivity contribution >= 4 is 52.0 Å². The Labute approximate surface area is 167 Å². The van der Waals surface area contributed by atoms with Gasteiger partial charge in [-0.15, -0.1) is 11.3 Å². The monoisotopic (exact) mass is 414 g/mol. The molecule has 1 unspecified atom stereocenters. The van der Waals surface area contributed by atoms with Crippen molar-refractivity contribution < 1.29 is 14.5 Å². The van der Waals surface area contributed by atoms with E-state index in [2.05, 4.69) is 11.4 Å². The van der Waals surface area contributed by atoms with Crippen molar-refractivity contribution in [3.8, 4) is 0 Å². The molecule has 2 N–H and O–H groups in total. The summed E-state index contributed by atoms with van der Waals surface area (Å²) >= 11 is 13.8. The first kappa shape index (κ1) is 20.7. The number of amides is 2. The number of hydrogen-bond donors (Lipinski definition) is 2. The van der Waals surface area contributed by atoms with Crippen LogP contribution in [0.15, 0.2) is 35.7 Å². The van der Waals surface area contributed by atoms with E-state index in [1.54, 1.807) is 36.6 Å². The summed E-state index contributed by atoms with van der Waals surface area (Å²) in [7, 11) is 1.62. The molecule has 1 aromatic carbocycles. The second-order valence-electron chi connectivity index (χ2n) is 5.93. The highest BCUT2D eigenvalue weighted by atomic mass is 35.5. The molecular formula is C18H22Cl2N3O2S+. The first-order valence-electron chi connectivity index (χ1n) is 8.24. The first-order valence-corrected chi connectivity index (χ1v) is 9.88. The van der Waals surface area contributed by atoms with Crippen LogP contribution < -0.4 is 10.2 Å². The summed E-state index contributed by atoms with van der Waals surface area (Å²) in [5, 5.41) is 5.41. The van der Waals surface area contributed by atoms with Gasteiger partial charge in [0.15, 0.2) is 6.54 Å². The van der Waals surface area contributed by atoms with E-state index in [0.717, 1.165) is 18.0 Å². The van der Waals surface area contributed by atoms with Gasteiger partial charge in [0.05, 0.1) is 33.7 Å². The molecule has 1 aromatic heterocycles. The molecule has 1 atom stereocenters. The number of nitrogens with one attached hydrogen (secondary N) is 2. The number of benzene rings is 1. The number of halogens is 2. The van der Waals surface area contributed by atoms with Gasteiger partial charge in [-0.25, -0.2) is 0 Å². The van der Waals surface area contributed by atoms with E-state index in [-0.39, 0.29) is 18.4 Å². The third-order valence-corrected chi connectivity index (χ3v) is 5.45. The molecule has 5 nitrogen and oxygen atoms in total. The number of hydrogen-bond acceptors (Lipinski definition) is 3. The Morgan fingerprint density at radius 3 is 2.46 bits per heavy atom. The van der Waals surface area contributed by atoms with Crippen LogP contribution in [0.5, 0.6) is 0 Å². The fourth-order valence-electron chi connectivity index (χ4n) is 2.42. The Morgan fingerprint density at radius 2 is 1.88 bits per heavy atom. The lowest BCUT2D eigenvalue weighted by Crippen LogP contribution is -3.11. The van der Waals surface area contributed by atoms with E-state index in [1.165, 1.54) is 9.78 Å². The predicted octanol–water partition coefficient (Wildman–Crippen LogP) is 2.56. The van der Waals surface area contributed by atoms with Crippen molar-refractivity contribution in [3.05, 3.63) is 50.6 Å². The molecule has 2 rings (SSSR count). The van der Waals surface area contributed by atoms with E-state index >= 15 is 0 Å². The largest absolute Gasteiger partial charge is 0.332 e. The normalized spacial score (nSPS) is 11.8. The average molecular weight is 415 g/mol. The molecule has 2 amide bonds. The van der Waals surface area contributed by atoms with Gasteiger partial charge in [-0.05, 0) is 30.5 Å². The van der Waals surface area contributed by atoms with Crippen LogP contribution in [0.1, 0.15) is 11.8 Å². The molecule has 26 heavy (non-hydrogen) atoms. The van der Waals surface area contributed by atoms with Crippen LogP contribution in [0.3, 0.4) is 0 Å². The van der Waals surface area contributed by atoms with Crippen LogP contribution in [-0.2, 0) is 16.1 Å². The molecule has 0 aliphatic rings. The third-order valence-electron chi connectivity index (χ3n) is 3.94. The summed E-state index contributed by atoms with van der Waals surface area (Å²) in [5.41, 5.74) is 0.361. The highest BCUT2D eigenvalue weighted by Gasteiger charge is 2.20. The molecule has 0 spiro atoms. The number of carbonyl (C=O) groups is 2. The van der Waals surface area contributed by atoms with Crippen LogP contribution in [0, 0.1) is 0 Å². The second kappa shape index (κ2) is 9.92. The van der Waals surface area contributed by atoms with Gasteiger partial charge in [-0.2, -0.15) is 0 Å². The summed E-state index contributed by atoms with van der Waals surface area (Å²) < 4.78 is 0. The first-order chi connectivity index (χ1) is 12.4. The van der Waals surface area contributed by atoms with Crippen LogP contribution in [0.4, 0.5) is 5.69 Å². The number of anilines is 1. The van der Waals surface area contributed by atoms with Gasteiger partial charge < -0.3 is 15.1 Å². The Morgan fingerprint density at radius 1 is 1.19 bits per heavy atom. The summed E-state index contributed by atoms with van der Waals surface area (Å²) in [5.74, 6) is -0.425. The van der Waals surface area contributed by atoms with E-state index in [0.29, 0.717) is 22.3 Å². The Hall–Kier alpha value is -1.60. The number of likely N-dealkylation sites (N-methyl/N-ethyl adjacent to an activating group) is 2. The average Bonchev–Trinajstić information content (AvgIpc) is 3.10. The van der Waals surface area contributed by atoms with Gasteiger partial charge in [0.25, 0.3) is 5.91 Å². The highest BCUT2D eigenvalue weighted by Crippen LogP contribution is 2.29. The number of nitrogens with zero attached hydrogens (tertiary/aromatic N) is 1. The van der Waals surface area contributed by atoms with Crippen LogP contribution in [0.25, 0.3) is 0 Å². The zero-order chi connectivity index (χ0) is 19.1. The molecule has 0 saturated carbocycles. The summed E-state index contributed by atoms with van der Waals surface area (Å²) in [6.07, 6.45) is 0. The molecule has 0 bridgehead atoms. The van der Waals surface area contributed by atoms with Crippen molar-refractivity contribution in [2.45, 2.75) is 13.5 Å². The Kier molecular flexibility index (Phi) is 7.90. The maximum Gasteiger partial charge on any atom is 0.277 e. The molecule has 0 aliphatic heterocycles. The highest BCUT2D eigenvalue weighted by molar-refractivity contribution is 7.09. The predicted molar refractivity (Wildman–Crippen MR) is 107 cm³/mol. The minimum atomic E-state index is -0.341. The van der Waals surface area contributed by atoms with E-state index < -0.39 is 0 Å². The van der Waals surface area contributed by atoms with E-state index in [1.807, 2.05) is 18.4 Å². The van der Waals surface area contributed by atoms with Crippen molar-refractivity contribution in [2.75, 3.05) is 32.0 Å². The quantitative estimate of drug-likeness (QED) is 0.697. The summed E-state index contributed by atoms with van der Waals surface area (Å²) in [4.78, 5) is 28.5. The molecule has 0 fully saturated rings. The topological polar surface area (TPSA) is 53.9 Å².